The molecular weight excluding hydrogens is 985 g/mol. The number of carbonyl (C=O) groups is 3. The van der Waals surface area contributed by atoms with Gasteiger partial charge in [0.25, 0.3) is 0 Å². The van der Waals surface area contributed by atoms with Crippen LogP contribution in [0.1, 0.15) is 297 Å². The molecule has 0 aromatic rings. The van der Waals surface area contributed by atoms with Gasteiger partial charge in [-0.25, -0.2) is 0 Å². The van der Waals surface area contributed by atoms with Gasteiger partial charge in [0.1, 0.15) is 13.2 Å². The first-order chi connectivity index (χ1) is 39.5. The maximum atomic E-state index is 12.9. The summed E-state index contributed by atoms with van der Waals surface area (Å²) in [5.74, 6) is -0.923. The van der Waals surface area contributed by atoms with Crippen molar-refractivity contribution in [2.24, 2.45) is 0 Å². The molecule has 0 rings (SSSR count). The number of allylic oxidation sites excluding steroid dienone is 22. The van der Waals surface area contributed by atoms with Crippen molar-refractivity contribution in [2.45, 2.75) is 303 Å². The van der Waals surface area contributed by atoms with Gasteiger partial charge >= 0.3 is 17.9 Å². The van der Waals surface area contributed by atoms with Crippen LogP contribution >= 0.6 is 0 Å². The standard InChI is InChI=1S/C74H122O6/c1-4-7-10-13-16-19-22-25-28-31-33-35-36-37-38-40-41-43-46-49-52-55-58-61-64-67-73(76)79-70-71(69-78-72(75)66-63-60-57-54-51-48-45-30-27-24-21-18-15-12-9-6-3)80-74(77)68-65-62-59-56-53-50-47-44-42-39-34-32-29-26-23-20-17-14-11-8-5-2/h7-8,10-11,16-17,19-20,25-26,28-30,33-35,37-39,44-45,47,71H,4-6,9,12-15,18,21-24,27,31-32,36,40-43,46,48-70H2,1-3H3/b10-7-,11-8-,19-16-,20-17-,28-25-,29-26-,35-33-,38-37-,39-34-,45-30-,47-44-. The van der Waals surface area contributed by atoms with E-state index in [1.807, 2.05) is 0 Å². The van der Waals surface area contributed by atoms with E-state index in [-0.39, 0.29) is 31.1 Å². The maximum absolute atomic E-state index is 12.9. The van der Waals surface area contributed by atoms with Crippen molar-refractivity contribution in [2.75, 3.05) is 13.2 Å². The third-order valence-electron chi connectivity index (χ3n) is 13.9. The van der Waals surface area contributed by atoms with E-state index >= 15 is 0 Å². The van der Waals surface area contributed by atoms with Gasteiger partial charge in [-0.1, -0.05) is 276 Å². The third-order valence-corrected chi connectivity index (χ3v) is 13.9. The lowest BCUT2D eigenvalue weighted by Crippen LogP contribution is -2.30. The SMILES string of the molecule is CC/C=C\C/C=C\C/C=C\C/C=C\C/C=C\CCCCCCCCCCCC(=O)OCC(COC(=O)CCCCCCC/C=C\CCCCCCCCC)OC(=O)CCCCCCC/C=C\C/C=C\C/C=C\C/C=C\C/C=C\CC. The van der Waals surface area contributed by atoms with Crippen LogP contribution in [0.15, 0.2) is 134 Å². The molecule has 0 aliphatic carbocycles. The predicted octanol–water partition coefficient (Wildman–Crippen LogP) is 22.9. The summed E-state index contributed by atoms with van der Waals surface area (Å²) in [7, 11) is 0. The number of rotatable bonds is 59. The molecule has 1 atom stereocenters. The number of esters is 3. The van der Waals surface area contributed by atoms with E-state index in [9.17, 15) is 14.4 Å². The Bertz CT molecular complexity index is 1700. The third kappa shape index (κ3) is 64.4. The Morgan fingerprint density at radius 1 is 0.263 bits per heavy atom. The molecule has 0 saturated carbocycles. The zero-order valence-electron chi connectivity index (χ0n) is 52.0. The molecule has 0 aromatic carbocycles. The van der Waals surface area contributed by atoms with Crippen molar-refractivity contribution in [1.82, 2.24) is 0 Å². The topological polar surface area (TPSA) is 78.9 Å². The van der Waals surface area contributed by atoms with Gasteiger partial charge in [-0.2, -0.15) is 0 Å². The summed E-state index contributed by atoms with van der Waals surface area (Å²) in [4.78, 5) is 38.4. The molecule has 0 aliphatic rings. The van der Waals surface area contributed by atoms with Crippen LogP contribution in [0.4, 0.5) is 0 Å². The van der Waals surface area contributed by atoms with Crippen molar-refractivity contribution >= 4 is 17.9 Å². The van der Waals surface area contributed by atoms with Crippen LogP contribution in [-0.2, 0) is 28.6 Å². The first-order valence-electron chi connectivity index (χ1n) is 33.2. The molecule has 0 saturated heterocycles. The second-order valence-electron chi connectivity index (χ2n) is 21.6. The van der Waals surface area contributed by atoms with Gasteiger partial charge in [0, 0.05) is 19.3 Å². The average Bonchev–Trinajstić information content (AvgIpc) is 3.46. The lowest BCUT2D eigenvalue weighted by atomic mass is 10.1. The molecule has 0 spiro atoms. The Hall–Kier alpha value is -4.45. The molecule has 0 N–H and O–H groups in total. The highest BCUT2D eigenvalue weighted by Gasteiger charge is 2.19. The minimum Gasteiger partial charge on any atom is -0.462 e. The smallest absolute Gasteiger partial charge is 0.306 e. The second-order valence-corrected chi connectivity index (χ2v) is 21.6. The Morgan fingerprint density at radius 3 is 0.775 bits per heavy atom. The van der Waals surface area contributed by atoms with Crippen LogP contribution in [0.2, 0.25) is 0 Å². The van der Waals surface area contributed by atoms with Crippen LogP contribution in [0.5, 0.6) is 0 Å². The molecule has 0 aromatic heterocycles. The van der Waals surface area contributed by atoms with E-state index in [1.165, 1.54) is 103 Å². The predicted molar refractivity (Wildman–Crippen MR) is 348 cm³/mol. The summed E-state index contributed by atoms with van der Waals surface area (Å²) in [6.07, 6.45) is 94.5. The summed E-state index contributed by atoms with van der Waals surface area (Å²) in [5, 5.41) is 0. The minimum absolute atomic E-state index is 0.0950. The van der Waals surface area contributed by atoms with E-state index in [4.69, 9.17) is 14.2 Å². The number of hydrogen-bond acceptors (Lipinski definition) is 6. The summed E-state index contributed by atoms with van der Waals surface area (Å²) in [6, 6.07) is 0. The van der Waals surface area contributed by atoms with Crippen LogP contribution in [0, 0.1) is 0 Å². The first kappa shape index (κ1) is 75.5. The molecule has 0 radical (unpaired) electrons. The van der Waals surface area contributed by atoms with Gasteiger partial charge in [-0.05, 0) is 135 Å². The molecule has 0 amide bonds. The zero-order valence-corrected chi connectivity index (χ0v) is 52.0. The summed E-state index contributed by atoms with van der Waals surface area (Å²) < 4.78 is 16.9. The molecule has 0 aliphatic heterocycles. The van der Waals surface area contributed by atoms with Gasteiger partial charge in [0.2, 0.25) is 0 Å². The quantitative estimate of drug-likeness (QED) is 0.0261. The number of hydrogen-bond donors (Lipinski definition) is 0. The Morgan fingerprint density at radius 2 is 0.487 bits per heavy atom. The van der Waals surface area contributed by atoms with E-state index in [1.54, 1.807) is 0 Å². The van der Waals surface area contributed by atoms with Gasteiger partial charge < -0.3 is 14.2 Å². The monoisotopic (exact) mass is 1110 g/mol. The van der Waals surface area contributed by atoms with Crippen molar-refractivity contribution in [3.8, 4) is 0 Å². The first-order valence-corrected chi connectivity index (χ1v) is 33.2. The summed E-state index contributed by atoms with van der Waals surface area (Å²) >= 11 is 0. The highest BCUT2D eigenvalue weighted by Crippen LogP contribution is 2.15. The van der Waals surface area contributed by atoms with Gasteiger partial charge in [0.05, 0.1) is 0 Å². The Labute approximate surface area is 494 Å². The molecule has 0 bridgehead atoms. The lowest BCUT2D eigenvalue weighted by molar-refractivity contribution is -0.167. The average molecular weight is 1110 g/mol. The van der Waals surface area contributed by atoms with Gasteiger partial charge in [-0.15, -0.1) is 0 Å². The van der Waals surface area contributed by atoms with E-state index in [0.717, 1.165) is 154 Å². The fourth-order valence-electron chi connectivity index (χ4n) is 8.96. The van der Waals surface area contributed by atoms with E-state index < -0.39 is 6.10 Å². The maximum Gasteiger partial charge on any atom is 0.306 e. The van der Waals surface area contributed by atoms with E-state index in [0.29, 0.717) is 19.3 Å². The largest absolute Gasteiger partial charge is 0.462 e. The van der Waals surface area contributed by atoms with Crippen molar-refractivity contribution in [1.29, 1.82) is 0 Å². The van der Waals surface area contributed by atoms with Crippen LogP contribution < -0.4 is 0 Å². The number of unbranched alkanes of at least 4 members (excludes halogenated alkanes) is 26. The fraction of sp³-hybridized carbons (Fsp3) is 0.662. The van der Waals surface area contributed by atoms with Crippen LogP contribution in [0.3, 0.4) is 0 Å². The Balaban J connectivity index is 4.44. The summed E-state index contributed by atoms with van der Waals surface area (Å²) in [5.41, 5.74) is 0. The number of carbonyl (C=O) groups excluding carboxylic acids is 3. The molecular formula is C74H122O6. The highest BCUT2D eigenvalue weighted by atomic mass is 16.6. The fourth-order valence-corrected chi connectivity index (χ4v) is 8.96. The zero-order chi connectivity index (χ0) is 57.8. The minimum atomic E-state index is -0.801. The molecule has 6 nitrogen and oxygen atoms in total. The molecule has 6 heteroatoms. The van der Waals surface area contributed by atoms with Crippen molar-refractivity contribution in [3.63, 3.8) is 0 Å². The summed E-state index contributed by atoms with van der Waals surface area (Å²) in [6.45, 7) is 6.40. The number of ether oxygens (including phenoxy) is 3. The molecule has 1 unspecified atom stereocenters. The Kier molecular flexibility index (Phi) is 63.3. The van der Waals surface area contributed by atoms with Gasteiger partial charge in [0.15, 0.2) is 6.10 Å². The van der Waals surface area contributed by atoms with Gasteiger partial charge in [-0.3, -0.25) is 14.4 Å². The second kappa shape index (κ2) is 67.1. The van der Waals surface area contributed by atoms with Crippen molar-refractivity contribution in [3.05, 3.63) is 134 Å². The highest BCUT2D eigenvalue weighted by molar-refractivity contribution is 5.71. The van der Waals surface area contributed by atoms with Crippen molar-refractivity contribution < 1.29 is 28.6 Å². The van der Waals surface area contributed by atoms with Crippen LogP contribution in [-0.4, -0.2) is 37.2 Å². The normalized spacial score (nSPS) is 13.0. The lowest BCUT2D eigenvalue weighted by Gasteiger charge is -2.18. The molecule has 0 heterocycles. The molecule has 80 heavy (non-hydrogen) atoms. The van der Waals surface area contributed by atoms with Crippen LogP contribution in [0.25, 0.3) is 0 Å². The van der Waals surface area contributed by atoms with E-state index in [2.05, 4.69) is 154 Å². The molecule has 454 valence electrons. The molecule has 0 fully saturated rings.